The molecule has 9 heteroatoms. The predicted molar refractivity (Wildman–Crippen MR) is 162 cm³/mol. The molecule has 2 heterocycles. The van der Waals surface area contributed by atoms with E-state index in [0.717, 1.165) is 59.9 Å². The van der Waals surface area contributed by atoms with Crippen molar-refractivity contribution in [1.29, 1.82) is 0 Å². The maximum absolute atomic E-state index is 12.8. The fourth-order valence-corrected chi connectivity index (χ4v) is 7.10. The van der Waals surface area contributed by atoms with Crippen molar-refractivity contribution in [3.05, 3.63) is 59.3 Å². The number of ether oxygens (including phenoxy) is 1. The van der Waals surface area contributed by atoms with Crippen molar-refractivity contribution in [3.63, 3.8) is 0 Å². The van der Waals surface area contributed by atoms with Crippen LogP contribution in [0.2, 0.25) is 0 Å². The number of piperidine rings is 1. The van der Waals surface area contributed by atoms with Gasteiger partial charge < -0.3 is 20.8 Å². The Hall–Kier alpha value is -2.72. The topological polar surface area (TPSA) is 118 Å². The molecule has 1 aliphatic rings. The van der Waals surface area contributed by atoms with Crippen molar-refractivity contribution in [1.82, 2.24) is 14.6 Å². The highest BCUT2D eigenvalue weighted by Gasteiger charge is 2.29. The summed E-state index contributed by atoms with van der Waals surface area (Å²) in [5, 5.41) is 4.63. The number of amides is 1. The number of primary amides is 1. The molecule has 0 unspecified atom stereocenters. The molecule has 0 spiro atoms. The summed E-state index contributed by atoms with van der Waals surface area (Å²) in [6.07, 6.45) is 5.34. The van der Waals surface area contributed by atoms with E-state index in [-0.39, 0.29) is 24.0 Å². The van der Waals surface area contributed by atoms with Gasteiger partial charge in [0.1, 0.15) is 0 Å². The largest absolute Gasteiger partial charge is 0.385 e. The molecular weight excluding hydrogens is 524 g/mol. The van der Waals surface area contributed by atoms with Crippen molar-refractivity contribution in [3.8, 4) is 11.1 Å². The molecule has 218 valence electrons. The Morgan fingerprint density at radius 3 is 2.67 bits per heavy atom. The van der Waals surface area contributed by atoms with E-state index in [9.17, 15) is 13.2 Å². The molecule has 1 saturated heterocycles. The van der Waals surface area contributed by atoms with Crippen molar-refractivity contribution >= 4 is 26.8 Å². The van der Waals surface area contributed by atoms with Crippen molar-refractivity contribution in [2.45, 2.75) is 58.4 Å². The van der Waals surface area contributed by atoms with Crippen LogP contribution >= 0.6 is 0 Å². The summed E-state index contributed by atoms with van der Waals surface area (Å²) in [5.41, 5.74) is 12.0. The zero-order chi connectivity index (χ0) is 28.7. The third-order valence-electron chi connectivity index (χ3n) is 8.08. The molecule has 0 saturated carbocycles. The van der Waals surface area contributed by atoms with Gasteiger partial charge in [0, 0.05) is 50.5 Å². The number of methoxy groups -OCH3 is 1. The second-order valence-corrected chi connectivity index (χ2v) is 13.2. The third kappa shape index (κ3) is 7.51. The molecule has 8 nitrogen and oxygen atoms in total. The van der Waals surface area contributed by atoms with Gasteiger partial charge in [-0.3, -0.25) is 4.79 Å². The van der Waals surface area contributed by atoms with E-state index >= 15 is 0 Å². The van der Waals surface area contributed by atoms with Crippen LogP contribution in [0.15, 0.2) is 42.6 Å². The highest BCUT2D eigenvalue weighted by Crippen LogP contribution is 2.37. The van der Waals surface area contributed by atoms with Gasteiger partial charge in [0.25, 0.3) is 0 Å². The van der Waals surface area contributed by atoms with Crippen LogP contribution in [0.1, 0.15) is 62.1 Å². The minimum Gasteiger partial charge on any atom is -0.385 e. The van der Waals surface area contributed by atoms with Crippen LogP contribution < -0.4 is 11.1 Å². The number of nitrogens with two attached hydrogens (primary N) is 1. The molecule has 0 aliphatic carbocycles. The first-order valence-electron chi connectivity index (χ1n) is 14.4. The number of benzene rings is 2. The summed E-state index contributed by atoms with van der Waals surface area (Å²) in [7, 11) is -1.70. The number of sulfonamides is 1. The maximum atomic E-state index is 12.8. The van der Waals surface area contributed by atoms with E-state index in [2.05, 4.69) is 60.5 Å². The molecule has 1 aliphatic heterocycles. The Labute approximate surface area is 238 Å². The maximum Gasteiger partial charge on any atom is 0.221 e. The summed E-state index contributed by atoms with van der Waals surface area (Å²) in [5.74, 6) is 0.609. The van der Waals surface area contributed by atoms with Gasteiger partial charge in [0.2, 0.25) is 15.9 Å². The minimum absolute atomic E-state index is 0.116. The Morgan fingerprint density at radius 2 is 1.98 bits per heavy atom. The van der Waals surface area contributed by atoms with E-state index in [1.54, 1.807) is 11.4 Å². The monoisotopic (exact) mass is 568 g/mol. The standard InChI is InChI=1S/C31H44N4O4S/c1-4-22(2)19-33-20-23-7-5-8-25(15-23)26-16-27(18-30(32)36)31-28(17-26)29(21-34-31)24-9-11-35(12-10-24)40(37,38)14-6-13-39-3/h5,7-8,15-17,21-22,24,33-34H,4,6,9-14,18-20H2,1-3H3,(H2,32,36)/t22-/m1/s1. The summed E-state index contributed by atoms with van der Waals surface area (Å²) >= 11 is 0. The van der Waals surface area contributed by atoms with E-state index in [1.165, 1.54) is 11.1 Å². The van der Waals surface area contributed by atoms with Gasteiger partial charge in [0.15, 0.2) is 0 Å². The van der Waals surface area contributed by atoms with Gasteiger partial charge in [-0.25, -0.2) is 12.7 Å². The highest BCUT2D eigenvalue weighted by molar-refractivity contribution is 7.89. The number of fused-ring (bicyclic) bond motifs is 1. The Morgan fingerprint density at radius 1 is 1.20 bits per heavy atom. The van der Waals surface area contributed by atoms with Gasteiger partial charge >= 0.3 is 0 Å². The fraction of sp³-hybridized carbons (Fsp3) is 0.516. The van der Waals surface area contributed by atoms with Crippen LogP contribution in [-0.2, 0) is 32.5 Å². The molecule has 1 aromatic heterocycles. The van der Waals surface area contributed by atoms with Crippen LogP contribution in [0.5, 0.6) is 0 Å². The molecular formula is C31H44N4O4S. The van der Waals surface area contributed by atoms with Crippen molar-refractivity contribution in [2.24, 2.45) is 11.7 Å². The first kappa shape index (κ1) is 30.2. The zero-order valence-electron chi connectivity index (χ0n) is 24.0. The number of nitrogens with zero attached hydrogens (tertiary/aromatic N) is 1. The van der Waals surface area contributed by atoms with Gasteiger partial charge in [-0.1, -0.05) is 38.5 Å². The lowest BCUT2D eigenvalue weighted by Gasteiger charge is -2.31. The molecule has 0 radical (unpaired) electrons. The second-order valence-electron chi connectivity index (χ2n) is 11.1. The predicted octanol–water partition coefficient (Wildman–Crippen LogP) is 4.54. The number of rotatable bonds is 14. The number of carbonyl (C=O) groups is 1. The van der Waals surface area contributed by atoms with Crippen LogP contribution in [0.3, 0.4) is 0 Å². The minimum atomic E-state index is -3.28. The van der Waals surface area contributed by atoms with E-state index in [4.69, 9.17) is 10.5 Å². The molecule has 40 heavy (non-hydrogen) atoms. The number of carbonyl (C=O) groups excluding carboxylic acids is 1. The SMILES string of the molecule is CC[C@@H](C)CNCc1cccc(-c2cc(CC(N)=O)c3[nH]cc(C4CCN(S(=O)(=O)CCCOC)CC4)c3c2)c1. The number of hydrogen-bond donors (Lipinski definition) is 3. The first-order valence-corrected chi connectivity index (χ1v) is 16.0. The van der Waals surface area contributed by atoms with E-state index in [0.29, 0.717) is 32.0 Å². The molecule has 3 aromatic rings. The molecule has 1 amide bonds. The van der Waals surface area contributed by atoms with Crippen LogP contribution in [-0.4, -0.2) is 62.7 Å². The van der Waals surface area contributed by atoms with Crippen LogP contribution in [0.25, 0.3) is 22.0 Å². The molecule has 0 bridgehead atoms. The van der Waals surface area contributed by atoms with Crippen LogP contribution in [0.4, 0.5) is 0 Å². The van der Waals surface area contributed by atoms with Crippen LogP contribution in [0, 0.1) is 5.92 Å². The molecule has 1 atom stereocenters. The average Bonchev–Trinajstić information content (AvgIpc) is 3.37. The number of H-pyrrole nitrogens is 1. The fourth-order valence-electron chi connectivity index (χ4n) is 5.59. The smallest absolute Gasteiger partial charge is 0.221 e. The average molecular weight is 569 g/mol. The van der Waals surface area contributed by atoms with Gasteiger partial charge in [-0.2, -0.15) is 0 Å². The first-order chi connectivity index (χ1) is 19.2. The second kappa shape index (κ2) is 13.8. The number of hydrogen-bond acceptors (Lipinski definition) is 5. The molecule has 1 fully saturated rings. The lowest BCUT2D eigenvalue weighted by atomic mass is 9.88. The molecule has 4 N–H and O–H groups in total. The van der Waals surface area contributed by atoms with Gasteiger partial charge in [-0.15, -0.1) is 0 Å². The summed E-state index contributed by atoms with van der Waals surface area (Å²) < 4.78 is 32.2. The van der Waals surface area contributed by atoms with E-state index < -0.39 is 10.0 Å². The molecule has 4 rings (SSSR count). The molecule has 2 aromatic carbocycles. The van der Waals surface area contributed by atoms with Crippen molar-refractivity contribution in [2.75, 3.05) is 39.1 Å². The van der Waals surface area contributed by atoms with Gasteiger partial charge in [0.05, 0.1) is 12.2 Å². The normalized spacial score (nSPS) is 16.0. The highest BCUT2D eigenvalue weighted by atomic mass is 32.2. The Balaban J connectivity index is 1.58. The van der Waals surface area contributed by atoms with Gasteiger partial charge in [-0.05, 0) is 83.7 Å². The zero-order valence-corrected chi connectivity index (χ0v) is 24.9. The number of aromatic nitrogens is 1. The van der Waals surface area contributed by atoms with E-state index in [1.807, 2.05) is 6.20 Å². The Bertz CT molecular complexity index is 1390. The lowest BCUT2D eigenvalue weighted by Crippen LogP contribution is -2.39. The third-order valence-corrected chi connectivity index (χ3v) is 10.0. The Kier molecular flexibility index (Phi) is 10.4. The number of nitrogens with one attached hydrogen (secondary N) is 2. The quantitative estimate of drug-likeness (QED) is 0.247. The summed E-state index contributed by atoms with van der Waals surface area (Å²) in [6, 6.07) is 12.8. The lowest BCUT2D eigenvalue weighted by molar-refractivity contribution is -0.117. The van der Waals surface area contributed by atoms with Crippen molar-refractivity contribution < 1.29 is 17.9 Å². The number of aromatic amines is 1. The summed E-state index contributed by atoms with van der Waals surface area (Å²) in [4.78, 5) is 15.4. The summed E-state index contributed by atoms with van der Waals surface area (Å²) in [6.45, 7) is 7.69.